The van der Waals surface area contributed by atoms with Crippen LogP contribution in [0.1, 0.15) is 25.7 Å². The molecule has 0 radical (unpaired) electrons. The predicted molar refractivity (Wildman–Crippen MR) is 78.4 cm³/mol. The highest BCUT2D eigenvalue weighted by molar-refractivity contribution is 5.80. The van der Waals surface area contributed by atoms with Crippen LogP contribution in [0.15, 0.2) is 18.3 Å². The van der Waals surface area contributed by atoms with Gasteiger partial charge in [-0.05, 0) is 37.8 Å². The van der Waals surface area contributed by atoms with Crippen LogP contribution in [-0.2, 0) is 9.53 Å². The van der Waals surface area contributed by atoms with E-state index in [-0.39, 0.29) is 12.0 Å². The zero-order valence-corrected chi connectivity index (χ0v) is 11.6. The first-order valence-corrected chi connectivity index (χ1v) is 7.10. The maximum Gasteiger partial charge on any atom is 0.249 e. The van der Waals surface area contributed by atoms with E-state index in [0.717, 1.165) is 38.0 Å². The fraction of sp³-hybridized carbons (Fsp3) is 0.571. The standard InChI is InChI=1S/C14H22N4O2/c15-11-5-6-13(18-10-11)16-7-1-2-8-17-14(19)12-4-3-9-20-12/h5-6,10,12H,1-4,7-9,15H2,(H,16,18)(H,17,19). The van der Waals surface area contributed by atoms with E-state index in [0.29, 0.717) is 18.8 Å². The fourth-order valence-electron chi connectivity index (χ4n) is 2.09. The Labute approximate surface area is 119 Å². The van der Waals surface area contributed by atoms with Gasteiger partial charge in [-0.25, -0.2) is 4.98 Å². The molecule has 4 N–H and O–H groups in total. The van der Waals surface area contributed by atoms with Crippen LogP contribution in [0, 0.1) is 0 Å². The van der Waals surface area contributed by atoms with E-state index in [9.17, 15) is 4.79 Å². The normalized spacial score (nSPS) is 17.9. The minimum Gasteiger partial charge on any atom is -0.397 e. The van der Waals surface area contributed by atoms with Crippen molar-refractivity contribution in [2.75, 3.05) is 30.7 Å². The van der Waals surface area contributed by atoms with E-state index in [2.05, 4.69) is 15.6 Å². The van der Waals surface area contributed by atoms with Crippen LogP contribution < -0.4 is 16.4 Å². The average molecular weight is 278 g/mol. The van der Waals surface area contributed by atoms with Gasteiger partial charge in [0.05, 0.1) is 11.9 Å². The van der Waals surface area contributed by atoms with Crippen molar-refractivity contribution in [3.05, 3.63) is 18.3 Å². The van der Waals surface area contributed by atoms with Gasteiger partial charge < -0.3 is 21.1 Å². The second-order valence-electron chi connectivity index (χ2n) is 4.90. The average Bonchev–Trinajstić information content (AvgIpc) is 2.98. The molecule has 0 bridgehead atoms. The van der Waals surface area contributed by atoms with E-state index < -0.39 is 0 Å². The van der Waals surface area contributed by atoms with Gasteiger partial charge in [-0.3, -0.25) is 4.79 Å². The molecule has 1 aromatic rings. The number of pyridine rings is 1. The Morgan fingerprint density at radius 2 is 2.25 bits per heavy atom. The molecule has 6 heteroatoms. The summed E-state index contributed by atoms with van der Waals surface area (Å²) in [7, 11) is 0. The third-order valence-electron chi connectivity index (χ3n) is 3.22. The number of unbranched alkanes of at least 4 members (excludes halogenated alkanes) is 1. The SMILES string of the molecule is Nc1ccc(NCCCCNC(=O)C2CCCO2)nc1. The molecule has 1 amide bonds. The van der Waals surface area contributed by atoms with E-state index in [1.807, 2.05) is 12.1 Å². The number of anilines is 2. The number of nitrogens with zero attached hydrogens (tertiary/aromatic N) is 1. The first kappa shape index (κ1) is 14.6. The Morgan fingerprint density at radius 1 is 1.40 bits per heavy atom. The second kappa shape index (κ2) is 7.69. The van der Waals surface area contributed by atoms with Gasteiger partial charge in [0.15, 0.2) is 0 Å². The molecule has 1 unspecified atom stereocenters. The van der Waals surface area contributed by atoms with E-state index in [1.54, 1.807) is 6.20 Å². The summed E-state index contributed by atoms with van der Waals surface area (Å²) in [5, 5.41) is 6.12. The maximum absolute atomic E-state index is 11.7. The Balaban J connectivity index is 1.51. The molecule has 2 heterocycles. The second-order valence-corrected chi connectivity index (χ2v) is 4.90. The molecule has 0 aliphatic carbocycles. The topological polar surface area (TPSA) is 89.3 Å². The predicted octanol–water partition coefficient (Wildman–Crippen LogP) is 1.15. The van der Waals surface area contributed by atoms with Crippen molar-refractivity contribution in [1.82, 2.24) is 10.3 Å². The molecule has 1 aliphatic heterocycles. The van der Waals surface area contributed by atoms with Crippen LogP contribution >= 0.6 is 0 Å². The number of hydrogen-bond donors (Lipinski definition) is 3. The molecule has 110 valence electrons. The van der Waals surface area contributed by atoms with E-state index in [4.69, 9.17) is 10.5 Å². The zero-order valence-electron chi connectivity index (χ0n) is 11.6. The zero-order chi connectivity index (χ0) is 14.2. The number of carbonyl (C=O) groups is 1. The molecule has 2 rings (SSSR count). The van der Waals surface area contributed by atoms with Crippen LogP contribution in [-0.4, -0.2) is 36.7 Å². The van der Waals surface area contributed by atoms with Gasteiger partial charge >= 0.3 is 0 Å². The first-order chi connectivity index (χ1) is 9.75. The molecule has 1 saturated heterocycles. The first-order valence-electron chi connectivity index (χ1n) is 7.10. The molecule has 1 fully saturated rings. The van der Waals surface area contributed by atoms with Gasteiger partial charge in [0.1, 0.15) is 11.9 Å². The highest BCUT2D eigenvalue weighted by atomic mass is 16.5. The highest BCUT2D eigenvalue weighted by Gasteiger charge is 2.22. The van der Waals surface area contributed by atoms with E-state index in [1.165, 1.54) is 0 Å². The number of aromatic nitrogens is 1. The number of rotatable bonds is 7. The molecular formula is C14H22N4O2. The summed E-state index contributed by atoms with van der Waals surface area (Å²) < 4.78 is 5.32. The van der Waals surface area contributed by atoms with Crippen molar-refractivity contribution in [2.45, 2.75) is 31.8 Å². The quantitative estimate of drug-likeness (QED) is 0.651. The lowest BCUT2D eigenvalue weighted by Crippen LogP contribution is -2.34. The fourth-order valence-corrected chi connectivity index (χ4v) is 2.09. The van der Waals surface area contributed by atoms with Crippen LogP contribution in [0.2, 0.25) is 0 Å². The Hall–Kier alpha value is -1.82. The number of nitrogens with one attached hydrogen (secondary N) is 2. The number of nitrogen functional groups attached to an aromatic ring is 1. The highest BCUT2D eigenvalue weighted by Crippen LogP contribution is 2.11. The summed E-state index contributed by atoms with van der Waals surface area (Å²) in [6.07, 6.45) is 5.13. The summed E-state index contributed by atoms with van der Waals surface area (Å²) in [5.41, 5.74) is 6.22. The van der Waals surface area contributed by atoms with Gasteiger partial charge in [0.2, 0.25) is 5.91 Å². The summed E-state index contributed by atoms with van der Waals surface area (Å²) in [4.78, 5) is 15.8. The summed E-state index contributed by atoms with van der Waals surface area (Å²) >= 11 is 0. The van der Waals surface area contributed by atoms with Crippen molar-refractivity contribution < 1.29 is 9.53 Å². The number of hydrogen-bond acceptors (Lipinski definition) is 5. The molecule has 1 aliphatic rings. The smallest absolute Gasteiger partial charge is 0.249 e. The van der Waals surface area contributed by atoms with Crippen molar-refractivity contribution >= 4 is 17.4 Å². The van der Waals surface area contributed by atoms with Gasteiger partial charge in [-0.2, -0.15) is 0 Å². The van der Waals surface area contributed by atoms with Crippen molar-refractivity contribution in [3.63, 3.8) is 0 Å². The molecule has 0 spiro atoms. The summed E-state index contributed by atoms with van der Waals surface area (Å²) in [5.74, 6) is 0.846. The van der Waals surface area contributed by atoms with Crippen LogP contribution in [0.25, 0.3) is 0 Å². The van der Waals surface area contributed by atoms with Gasteiger partial charge in [0.25, 0.3) is 0 Å². The molecule has 20 heavy (non-hydrogen) atoms. The van der Waals surface area contributed by atoms with Gasteiger partial charge in [0, 0.05) is 19.7 Å². The Kier molecular flexibility index (Phi) is 5.61. The lowest BCUT2D eigenvalue weighted by atomic mass is 10.2. The summed E-state index contributed by atoms with van der Waals surface area (Å²) in [6.45, 7) is 2.22. The molecule has 0 saturated carbocycles. The lowest BCUT2D eigenvalue weighted by molar-refractivity contribution is -0.130. The molecule has 1 atom stereocenters. The monoisotopic (exact) mass is 278 g/mol. The molecule has 1 aromatic heterocycles. The Bertz CT molecular complexity index is 416. The number of carbonyl (C=O) groups excluding carboxylic acids is 1. The third-order valence-corrected chi connectivity index (χ3v) is 3.22. The number of amides is 1. The van der Waals surface area contributed by atoms with Crippen LogP contribution in [0.3, 0.4) is 0 Å². The van der Waals surface area contributed by atoms with Crippen LogP contribution in [0.5, 0.6) is 0 Å². The number of nitrogens with two attached hydrogens (primary N) is 1. The molecule has 6 nitrogen and oxygen atoms in total. The van der Waals surface area contributed by atoms with Gasteiger partial charge in [-0.1, -0.05) is 0 Å². The molecular weight excluding hydrogens is 256 g/mol. The third kappa shape index (κ3) is 4.70. The van der Waals surface area contributed by atoms with Crippen molar-refractivity contribution in [1.29, 1.82) is 0 Å². The van der Waals surface area contributed by atoms with Gasteiger partial charge in [-0.15, -0.1) is 0 Å². The largest absolute Gasteiger partial charge is 0.397 e. The number of ether oxygens (including phenoxy) is 1. The minimum absolute atomic E-state index is 0.0238. The molecule has 0 aromatic carbocycles. The van der Waals surface area contributed by atoms with Crippen LogP contribution in [0.4, 0.5) is 11.5 Å². The van der Waals surface area contributed by atoms with Crippen molar-refractivity contribution in [3.8, 4) is 0 Å². The van der Waals surface area contributed by atoms with E-state index >= 15 is 0 Å². The maximum atomic E-state index is 11.7. The lowest BCUT2D eigenvalue weighted by Gasteiger charge is -2.10. The summed E-state index contributed by atoms with van der Waals surface area (Å²) in [6, 6.07) is 3.67. The Morgan fingerprint density at radius 3 is 2.95 bits per heavy atom. The van der Waals surface area contributed by atoms with Crippen molar-refractivity contribution in [2.24, 2.45) is 0 Å². The minimum atomic E-state index is -0.230.